The number of nitrogens with one attached hydrogen (secondary N) is 1. The lowest BCUT2D eigenvalue weighted by Gasteiger charge is -2.10. The van der Waals surface area contributed by atoms with Crippen LogP contribution >= 0.6 is 22.7 Å². The Morgan fingerprint density at radius 3 is 3.00 bits per heavy atom. The molecule has 0 spiro atoms. The summed E-state index contributed by atoms with van der Waals surface area (Å²) in [6.45, 7) is 4.74. The predicted octanol–water partition coefficient (Wildman–Crippen LogP) is 2.63. The number of thiazole rings is 2. The van der Waals surface area contributed by atoms with Crippen molar-refractivity contribution in [3.8, 4) is 0 Å². The zero-order valence-electron chi connectivity index (χ0n) is 11.9. The quantitative estimate of drug-likeness (QED) is 0.785. The Hall–Kier alpha value is -1.57. The van der Waals surface area contributed by atoms with Crippen molar-refractivity contribution in [3.63, 3.8) is 0 Å². The van der Waals surface area contributed by atoms with Crippen molar-refractivity contribution < 1.29 is 0 Å². The highest BCUT2D eigenvalue weighted by Gasteiger charge is 2.10. The van der Waals surface area contributed by atoms with Crippen LogP contribution in [-0.4, -0.2) is 14.4 Å². The Morgan fingerprint density at radius 1 is 1.38 bits per heavy atom. The standard InChI is InChI=1S/C14H16N4OS2/c1-3-12-17-11(8-21-12)9(2)15-7-10-6-13(19)18-4-5-20-14(18)16-10/h4-6,8-9,15H,3,7H2,1-2H3/t9-/m1/s1. The maximum atomic E-state index is 11.9. The van der Waals surface area contributed by atoms with Gasteiger partial charge < -0.3 is 5.32 Å². The molecule has 0 radical (unpaired) electrons. The van der Waals surface area contributed by atoms with Crippen molar-refractivity contribution >= 4 is 27.6 Å². The Bertz CT molecular complexity index is 805. The van der Waals surface area contributed by atoms with E-state index in [-0.39, 0.29) is 11.6 Å². The smallest absolute Gasteiger partial charge is 0.258 e. The second kappa shape index (κ2) is 6.05. The summed E-state index contributed by atoms with van der Waals surface area (Å²) in [5, 5.41) is 8.47. The Morgan fingerprint density at radius 2 is 2.24 bits per heavy atom. The first kappa shape index (κ1) is 14.4. The molecule has 0 fully saturated rings. The molecule has 0 aliphatic carbocycles. The van der Waals surface area contributed by atoms with Crippen LogP contribution in [0, 0.1) is 0 Å². The van der Waals surface area contributed by atoms with Crippen LogP contribution in [0.25, 0.3) is 4.96 Å². The summed E-state index contributed by atoms with van der Waals surface area (Å²) in [5.41, 5.74) is 1.78. The van der Waals surface area contributed by atoms with Gasteiger partial charge in [0.15, 0.2) is 4.96 Å². The predicted molar refractivity (Wildman–Crippen MR) is 86.1 cm³/mol. The van der Waals surface area contributed by atoms with E-state index < -0.39 is 0 Å². The molecule has 0 bridgehead atoms. The first-order valence-electron chi connectivity index (χ1n) is 6.81. The number of hydrogen-bond acceptors (Lipinski definition) is 6. The van der Waals surface area contributed by atoms with Gasteiger partial charge in [0, 0.05) is 35.6 Å². The van der Waals surface area contributed by atoms with E-state index in [4.69, 9.17) is 0 Å². The van der Waals surface area contributed by atoms with Gasteiger partial charge in [-0.15, -0.1) is 22.7 Å². The average Bonchev–Trinajstić information content (AvgIpc) is 3.13. The third-order valence-electron chi connectivity index (χ3n) is 3.26. The highest BCUT2D eigenvalue weighted by Crippen LogP contribution is 2.17. The number of aryl methyl sites for hydroxylation is 1. The third kappa shape index (κ3) is 3.04. The van der Waals surface area contributed by atoms with Gasteiger partial charge in [-0.05, 0) is 13.3 Å². The summed E-state index contributed by atoms with van der Waals surface area (Å²) in [6.07, 6.45) is 2.71. The van der Waals surface area contributed by atoms with E-state index in [1.165, 1.54) is 11.3 Å². The summed E-state index contributed by atoms with van der Waals surface area (Å²) in [6, 6.07) is 1.72. The van der Waals surface area contributed by atoms with Gasteiger partial charge in [0.1, 0.15) is 0 Å². The zero-order chi connectivity index (χ0) is 14.8. The SMILES string of the molecule is CCc1nc([C@@H](C)NCc2cc(=O)n3ccsc3n2)cs1. The van der Waals surface area contributed by atoms with Crippen LogP contribution in [0.1, 0.15) is 36.3 Å². The minimum Gasteiger partial charge on any atom is -0.303 e. The second-order valence-corrected chi connectivity index (χ2v) is 6.58. The minimum atomic E-state index is -0.0346. The normalized spacial score (nSPS) is 12.9. The molecule has 3 heterocycles. The molecule has 110 valence electrons. The molecule has 0 saturated heterocycles. The van der Waals surface area contributed by atoms with E-state index >= 15 is 0 Å². The lowest BCUT2D eigenvalue weighted by atomic mass is 10.2. The zero-order valence-corrected chi connectivity index (χ0v) is 13.5. The fourth-order valence-corrected chi connectivity index (χ4v) is 3.60. The molecule has 3 rings (SSSR count). The largest absolute Gasteiger partial charge is 0.303 e. The highest BCUT2D eigenvalue weighted by atomic mass is 32.1. The van der Waals surface area contributed by atoms with E-state index in [2.05, 4.69) is 34.5 Å². The number of hydrogen-bond donors (Lipinski definition) is 1. The minimum absolute atomic E-state index is 0.0346. The van der Waals surface area contributed by atoms with E-state index in [9.17, 15) is 4.79 Å². The van der Waals surface area contributed by atoms with Gasteiger partial charge in [-0.25, -0.2) is 9.97 Å². The van der Waals surface area contributed by atoms with Crippen LogP contribution in [0.3, 0.4) is 0 Å². The molecule has 21 heavy (non-hydrogen) atoms. The summed E-state index contributed by atoms with van der Waals surface area (Å²) < 4.78 is 1.56. The van der Waals surface area contributed by atoms with E-state index in [0.717, 1.165) is 27.8 Å². The molecule has 1 N–H and O–H groups in total. The van der Waals surface area contributed by atoms with Gasteiger partial charge in [-0.2, -0.15) is 0 Å². The molecule has 0 aliphatic heterocycles. The lowest BCUT2D eigenvalue weighted by Crippen LogP contribution is -2.21. The van der Waals surface area contributed by atoms with Crippen molar-refractivity contribution in [1.29, 1.82) is 0 Å². The fourth-order valence-electron chi connectivity index (χ4n) is 2.03. The van der Waals surface area contributed by atoms with Crippen LogP contribution in [0.15, 0.2) is 27.8 Å². The van der Waals surface area contributed by atoms with Gasteiger partial charge in [0.25, 0.3) is 5.56 Å². The van der Waals surface area contributed by atoms with Crippen molar-refractivity contribution in [2.75, 3.05) is 0 Å². The second-order valence-electron chi connectivity index (χ2n) is 4.76. The molecular weight excluding hydrogens is 304 g/mol. The van der Waals surface area contributed by atoms with Crippen molar-refractivity contribution in [3.05, 3.63) is 49.8 Å². The topological polar surface area (TPSA) is 59.3 Å². The van der Waals surface area contributed by atoms with Crippen LogP contribution < -0.4 is 10.9 Å². The van der Waals surface area contributed by atoms with Crippen molar-refractivity contribution in [1.82, 2.24) is 19.7 Å². The number of fused-ring (bicyclic) bond motifs is 1. The molecule has 0 amide bonds. The van der Waals surface area contributed by atoms with Gasteiger partial charge in [-0.3, -0.25) is 9.20 Å². The van der Waals surface area contributed by atoms with Gasteiger partial charge in [0.05, 0.1) is 16.4 Å². The van der Waals surface area contributed by atoms with Gasteiger partial charge in [-0.1, -0.05) is 6.92 Å². The molecule has 7 heteroatoms. The molecule has 0 saturated carbocycles. The monoisotopic (exact) mass is 320 g/mol. The number of rotatable bonds is 5. The molecule has 0 unspecified atom stereocenters. The molecule has 3 aromatic rings. The van der Waals surface area contributed by atoms with Crippen LogP contribution in [-0.2, 0) is 13.0 Å². The molecule has 5 nitrogen and oxygen atoms in total. The fraction of sp³-hybridized carbons (Fsp3) is 0.357. The van der Waals surface area contributed by atoms with Crippen LogP contribution in [0.4, 0.5) is 0 Å². The van der Waals surface area contributed by atoms with Gasteiger partial charge >= 0.3 is 0 Å². The summed E-state index contributed by atoms with van der Waals surface area (Å²) in [7, 11) is 0. The van der Waals surface area contributed by atoms with Gasteiger partial charge in [0.2, 0.25) is 0 Å². The Balaban J connectivity index is 1.72. The first-order chi connectivity index (χ1) is 10.2. The Kier molecular flexibility index (Phi) is 4.14. The summed E-state index contributed by atoms with van der Waals surface area (Å²) in [4.78, 5) is 21.7. The molecule has 1 atom stereocenters. The van der Waals surface area contributed by atoms with E-state index in [1.807, 2.05) is 5.38 Å². The summed E-state index contributed by atoms with van der Waals surface area (Å²) in [5.74, 6) is 0. The lowest BCUT2D eigenvalue weighted by molar-refractivity contribution is 0.556. The summed E-state index contributed by atoms with van der Waals surface area (Å²) >= 11 is 3.15. The highest BCUT2D eigenvalue weighted by molar-refractivity contribution is 7.15. The van der Waals surface area contributed by atoms with Crippen LogP contribution in [0.5, 0.6) is 0 Å². The first-order valence-corrected chi connectivity index (χ1v) is 8.56. The van der Waals surface area contributed by atoms with Crippen LogP contribution in [0.2, 0.25) is 0 Å². The molecule has 0 aromatic carbocycles. The van der Waals surface area contributed by atoms with E-state index in [1.54, 1.807) is 28.0 Å². The number of aromatic nitrogens is 3. The van der Waals surface area contributed by atoms with Crippen molar-refractivity contribution in [2.45, 2.75) is 32.9 Å². The number of nitrogens with zero attached hydrogens (tertiary/aromatic N) is 3. The maximum absolute atomic E-state index is 11.9. The molecule has 3 aromatic heterocycles. The molecular formula is C14H16N4OS2. The maximum Gasteiger partial charge on any atom is 0.258 e. The third-order valence-corrected chi connectivity index (χ3v) is 5.03. The molecule has 0 aliphatic rings. The van der Waals surface area contributed by atoms with E-state index in [0.29, 0.717) is 6.54 Å². The Labute approximate surface area is 130 Å². The van der Waals surface area contributed by atoms with Crippen molar-refractivity contribution in [2.24, 2.45) is 0 Å². The average molecular weight is 320 g/mol.